The Labute approximate surface area is 102 Å². The van der Waals surface area contributed by atoms with Crippen molar-refractivity contribution in [3.63, 3.8) is 0 Å². The van der Waals surface area contributed by atoms with Gasteiger partial charge in [0.2, 0.25) is 0 Å². The van der Waals surface area contributed by atoms with Gasteiger partial charge in [-0.1, -0.05) is 0 Å². The maximum Gasteiger partial charge on any atom is 0.354 e. The fourth-order valence-electron chi connectivity index (χ4n) is 1.22. The number of nitrogens with zero attached hydrogens (tertiary/aromatic N) is 1. The predicted octanol–water partition coefficient (Wildman–Crippen LogP) is -0.209. The van der Waals surface area contributed by atoms with E-state index in [0.717, 1.165) is 6.33 Å². The molecule has 1 heterocycles. The zero-order chi connectivity index (χ0) is 13.5. The van der Waals surface area contributed by atoms with E-state index in [1.54, 1.807) is 6.92 Å². The molecule has 18 heavy (non-hydrogen) atoms. The first-order valence-electron chi connectivity index (χ1n) is 5.26. The van der Waals surface area contributed by atoms with Gasteiger partial charge in [0.05, 0.1) is 19.4 Å². The Kier molecular flexibility index (Phi) is 4.85. The molecular weight excluding hydrogens is 242 g/mol. The number of ether oxygens (including phenoxy) is 1. The number of carbonyl (C=O) groups is 3. The Bertz CT molecular complexity index is 454. The summed E-state index contributed by atoms with van der Waals surface area (Å²) in [7, 11) is 0. The molecule has 0 unspecified atom stereocenters. The molecule has 0 aromatic carbocycles. The minimum Gasteiger partial charge on any atom is -0.477 e. The van der Waals surface area contributed by atoms with Gasteiger partial charge < -0.3 is 20.1 Å². The number of carboxylic acid groups (broad SMARTS) is 1. The number of hydrogen-bond donors (Lipinski definition) is 3. The number of aromatic nitrogens is 2. The number of nitrogens with one attached hydrogen (secondary N) is 2. The molecule has 8 heteroatoms. The summed E-state index contributed by atoms with van der Waals surface area (Å²) in [4.78, 5) is 39.2. The Morgan fingerprint density at radius 2 is 2.22 bits per heavy atom. The van der Waals surface area contributed by atoms with E-state index in [9.17, 15) is 14.4 Å². The molecule has 0 fully saturated rings. The number of hydrogen-bond acceptors (Lipinski definition) is 5. The summed E-state index contributed by atoms with van der Waals surface area (Å²) < 4.78 is 4.67. The summed E-state index contributed by atoms with van der Waals surface area (Å²) in [5, 5.41) is 11.1. The lowest BCUT2D eigenvalue weighted by atomic mass is 10.3. The number of esters is 1. The molecule has 0 saturated carbocycles. The van der Waals surface area contributed by atoms with E-state index >= 15 is 0 Å². The highest BCUT2D eigenvalue weighted by atomic mass is 16.5. The van der Waals surface area contributed by atoms with Gasteiger partial charge in [-0.25, -0.2) is 9.78 Å². The number of aromatic carboxylic acids is 1. The first-order chi connectivity index (χ1) is 8.56. The van der Waals surface area contributed by atoms with Gasteiger partial charge in [0.1, 0.15) is 0 Å². The van der Waals surface area contributed by atoms with Gasteiger partial charge >= 0.3 is 11.9 Å². The van der Waals surface area contributed by atoms with Crippen LogP contribution >= 0.6 is 0 Å². The zero-order valence-electron chi connectivity index (χ0n) is 9.73. The molecule has 0 atom stereocenters. The first kappa shape index (κ1) is 13.7. The third kappa shape index (κ3) is 3.58. The summed E-state index contributed by atoms with van der Waals surface area (Å²) >= 11 is 0. The maximum atomic E-state index is 11.6. The summed E-state index contributed by atoms with van der Waals surface area (Å²) in [5.41, 5.74) is -0.505. The molecule has 3 N–H and O–H groups in total. The maximum absolute atomic E-state index is 11.6. The summed E-state index contributed by atoms with van der Waals surface area (Å²) in [6.45, 7) is 2.01. The molecule has 1 aromatic rings. The van der Waals surface area contributed by atoms with Crippen LogP contribution in [0.3, 0.4) is 0 Å². The Hall–Kier alpha value is -2.38. The first-order valence-corrected chi connectivity index (χ1v) is 5.26. The summed E-state index contributed by atoms with van der Waals surface area (Å²) in [6, 6.07) is 0. The van der Waals surface area contributed by atoms with Crippen molar-refractivity contribution in [3.05, 3.63) is 17.7 Å². The summed E-state index contributed by atoms with van der Waals surface area (Å²) in [5.74, 6) is -2.36. The van der Waals surface area contributed by atoms with E-state index < -0.39 is 17.8 Å². The van der Waals surface area contributed by atoms with E-state index in [2.05, 4.69) is 20.0 Å². The van der Waals surface area contributed by atoms with Crippen LogP contribution in [0.15, 0.2) is 6.33 Å². The van der Waals surface area contributed by atoms with Gasteiger partial charge in [-0.05, 0) is 6.92 Å². The smallest absolute Gasteiger partial charge is 0.354 e. The molecular formula is C10H13N3O5. The second kappa shape index (κ2) is 6.38. The number of amides is 1. The van der Waals surface area contributed by atoms with Crippen LogP contribution in [0.25, 0.3) is 0 Å². The van der Waals surface area contributed by atoms with Gasteiger partial charge in [-0.3, -0.25) is 9.59 Å². The molecule has 0 radical (unpaired) electrons. The normalized spacial score (nSPS) is 9.83. The Morgan fingerprint density at radius 1 is 1.50 bits per heavy atom. The highest BCUT2D eigenvalue weighted by Crippen LogP contribution is 2.02. The van der Waals surface area contributed by atoms with Crippen molar-refractivity contribution in [1.82, 2.24) is 15.3 Å². The van der Waals surface area contributed by atoms with E-state index in [-0.39, 0.29) is 31.0 Å². The van der Waals surface area contributed by atoms with Crippen LogP contribution in [0.5, 0.6) is 0 Å². The molecule has 0 aliphatic rings. The second-order valence-corrected chi connectivity index (χ2v) is 3.24. The van der Waals surface area contributed by atoms with Crippen LogP contribution in [0.1, 0.15) is 34.3 Å². The lowest BCUT2D eigenvalue weighted by molar-refractivity contribution is -0.142. The molecule has 0 saturated heterocycles. The minimum absolute atomic E-state index is 0.0202. The average Bonchev–Trinajstić information content (AvgIpc) is 2.78. The van der Waals surface area contributed by atoms with Crippen molar-refractivity contribution >= 4 is 17.8 Å². The van der Waals surface area contributed by atoms with Crippen LogP contribution in [0.4, 0.5) is 0 Å². The van der Waals surface area contributed by atoms with Crippen LogP contribution in [-0.2, 0) is 9.53 Å². The molecule has 0 aliphatic carbocycles. The van der Waals surface area contributed by atoms with Crippen molar-refractivity contribution in [2.45, 2.75) is 13.3 Å². The Balaban J connectivity index is 2.48. The fourth-order valence-corrected chi connectivity index (χ4v) is 1.22. The molecule has 0 spiro atoms. The highest BCUT2D eigenvalue weighted by molar-refractivity contribution is 6.02. The second-order valence-electron chi connectivity index (χ2n) is 3.24. The van der Waals surface area contributed by atoms with Crippen molar-refractivity contribution in [2.24, 2.45) is 0 Å². The van der Waals surface area contributed by atoms with Gasteiger partial charge in [0, 0.05) is 6.54 Å². The molecule has 1 rings (SSSR count). The predicted molar refractivity (Wildman–Crippen MR) is 59.1 cm³/mol. The van der Waals surface area contributed by atoms with Gasteiger partial charge in [-0.2, -0.15) is 0 Å². The van der Waals surface area contributed by atoms with Gasteiger partial charge in [0.15, 0.2) is 11.4 Å². The number of carbonyl (C=O) groups excluding carboxylic acids is 2. The Morgan fingerprint density at radius 3 is 2.83 bits per heavy atom. The standard InChI is InChI=1S/C10H13N3O5/c1-2-18-6(14)3-4-11-9(15)7-8(10(16)17)13-5-12-7/h5H,2-4H2,1H3,(H,11,15)(H,12,13)(H,16,17). The highest BCUT2D eigenvalue weighted by Gasteiger charge is 2.19. The van der Waals surface area contributed by atoms with Crippen LogP contribution in [0.2, 0.25) is 0 Å². The van der Waals surface area contributed by atoms with E-state index in [1.165, 1.54) is 0 Å². The lowest BCUT2D eigenvalue weighted by Gasteiger charge is -2.03. The number of H-pyrrole nitrogens is 1. The quantitative estimate of drug-likeness (QED) is 0.605. The number of imidazole rings is 1. The number of aromatic amines is 1. The number of rotatable bonds is 6. The van der Waals surface area contributed by atoms with Crippen molar-refractivity contribution in [1.29, 1.82) is 0 Å². The largest absolute Gasteiger partial charge is 0.477 e. The molecule has 0 bridgehead atoms. The van der Waals surface area contributed by atoms with Gasteiger partial charge in [-0.15, -0.1) is 0 Å². The third-order valence-electron chi connectivity index (χ3n) is 1.99. The molecule has 8 nitrogen and oxygen atoms in total. The SMILES string of the molecule is CCOC(=O)CCNC(=O)c1nc[nH]c1C(=O)O. The zero-order valence-corrected chi connectivity index (χ0v) is 9.73. The fraction of sp³-hybridized carbons (Fsp3) is 0.400. The number of carboxylic acids is 1. The van der Waals surface area contributed by atoms with Crippen molar-refractivity contribution in [2.75, 3.05) is 13.2 Å². The van der Waals surface area contributed by atoms with Crippen LogP contribution in [-0.4, -0.2) is 46.1 Å². The average molecular weight is 255 g/mol. The molecule has 98 valence electrons. The molecule has 1 amide bonds. The summed E-state index contributed by atoms with van der Waals surface area (Å²) in [6.07, 6.45) is 1.14. The lowest BCUT2D eigenvalue weighted by Crippen LogP contribution is -2.28. The van der Waals surface area contributed by atoms with Gasteiger partial charge in [0.25, 0.3) is 5.91 Å². The van der Waals surface area contributed by atoms with E-state index in [0.29, 0.717) is 0 Å². The van der Waals surface area contributed by atoms with Crippen molar-refractivity contribution < 1.29 is 24.2 Å². The third-order valence-corrected chi connectivity index (χ3v) is 1.99. The minimum atomic E-state index is -1.27. The molecule has 0 aliphatic heterocycles. The van der Waals surface area contributed by atoms with Crippen molar-refractivity contribution in [3.8, 4) is 0 Å². The van der Waals surface area contributed by atoms with E-state index in [4.69, 9.17) is 5.11 Å². The molecule has 1 aromatic heterocycles. The monoisotopic (exact) mass is 255 g/mol. The topological polar surface area (TPSA) is 121 Å². The van der Waals surface area contributed by atoms with E-state index in [1.807, 2.05) is 0 Å². The van der Waals surface area contributed by atoms with Crippen LogP contribution in [0, 0.1) is 0 Å². The van der Waals surface area contributed by atoms with Crippen LogP contribution < -0.4 is 5.32 Å².